The van der Waals surface area contributed by atoms with Crippen molar-refractivity contribution < 1.29 is 9.90 Å². The number of rotatable bonds is 5. The molecule has 5 nitrogen and oxygen atoms in total. The van der Waals surface area contributed by atoms with Crippen LogP contribution < -0.4 is 5.32 Å². The molecule has 0 unspecified atom stereocenters. The Morgan fingerprint density at radius 1 is 1.12 bits per heavy atom. The number of amides is 1. The van der Waals surface area contributed by atoms with Crippen molar-refractivity contribution in [3.8, 4) is 5.88 Å². The van der Waals surface area contributed by atoms with Crippen LogP contribution in [0.15, 0.2) is 0 Å². The van der Waals surface area contributed by atoms with Gasteiger partial charge in [0, 0.05) is 19.6 Å². The van der Waals surface area contributed by atoms with E-state index in [1.807, 2.05) is 4.90 Å². The topological polar surface area (TPSA) is 65.5 Å². The van der Waals surface area contributed by atoms with Crippen LogP contribution in [0.1, 0.15) is 62.7 Å². The van der Waals surface area contributed by atoms with Gasteiger partial charge in [-0.1, -0.05) is 43.4 Å². The molecule has 1 aromatic rings. The lowest BCUT2D eigenvalue weighted by Crippen LogP contribution is -2.32. The van der Waals surface area contributed by atoms with Gasteiger partial charge in [-0.05, 0) is 31.6 Å². The van der Waals surface area contributed by atoms with Crippen molar-refractivity contribution in [2.45, 2.75) is 64.2 Å². The van der Waals surface area contributed by atoms with Gasteiger partial charge in [0.2, 0.25) is 11.8 Å². The maximum absolute atomic E-state index is 12.5. The molecule has 1 amide bonds. The van der Waals surface area contributed by atoms with E-state index in [1.165, 1.54) is 56.3 Å². The smallest absolute Gasteiger partial charge is 0.228 e. The molecule has 1 aromatic heterocycles. The summed E-state index contributed by atoms with van der Waals surface area (Å²) < 4.78 is 0. The van der Waals surface area contributed by atoms with Crippen molar-refractivity contribution in [1.29, 1.82) is 0 Å². The summed E-state index contributed by atoms with van der Waals surface area (Å²) in [6.07, 6.45) is 11.5. The molecule has 134 valence electrons. The maximum Gasteiger partial charge on any atom is 0.228 e. The summed E-state index contributed by atoms with van der Waals surface area (Å²) in [5.41, 5.74) is 0. The van der Waals surface area contributed by atoms with Gasteiger partial charge in [0.05, 0.1) is 11.3 Å². The highest BCUT2D eigenvalue weighted by atomic mass is 32.1. The van der Waals surface area contributed by atoms with E-state index in [0.717, 1.165) is 37.6 Å². The zero-order valence-corrected chi connectivity index (χ0v) is 15.2. The number of hydrogen-bond acceptors (Lipinski definition) is 5. The van der Waals surface area contributed by atoms with Crippen LogP contribution in [0.4, 0.5) is 5.13 Å². The number of carbonyl (C=O) groups is 1. The summed E-state index contributed by atoms with van der Waals surface area (Å²) in [4.78, 5) is 19.3. The van der Waals surface area contributed by atoms with Gasteiger partial charge in [-0.25, -0.2) is 0 Å². The third-order valence-electron chi connectivity index (χ3n) is 5.21. The van der Waals surface area contributed by atoms with Crippen LogP contribution in [0, 0.1) is 5.92 Å². The zero-order valence-electron chi connectivity index (χ0n) is 14.4. The number of aromatic nitrogens is 1. The summed E-state index contributed by atoms with van der Waals surface area (Å²) in [5.74, 6) is 0.857. The number of anilines is 1. The second kappa shape index (κ2) is 8.70. The van der Waals surface area contributed by atoms with Crippen molar-refractivity contribution in [3.63, 3.8) is 0 Å². The molecule has 2 aliphatic rings. The Morgan fingerprint density at radius 3 is 2.50 bits per heavy atom. The van der Waals surface area contributed by atoms with Gasteiger partial charge < -0.3 is 15.3 Å². The van der Waals surface area contributed by atoms with Crippen LogP contribution in [0.2, 0.25) is 0 Å². The minimum absolute atomic E-state index is 0.0225. The Balaban J connectivity index is 1.52. The Hall–Kier alpha value is -1.30. The van der Waals surface area contributed by atoms with Crippen molar-refractivity contribution >= 4 is 22.4 Å². The van der Waals surface area contributed by atoms with E-state index in [2.05, 4.69) is 10.3 Å². The van der Waals surface area contributed by atoms with Gasteiger partial charge in [0.25, 0.3) is 0 Å². The molecule has 0 aromatic carbocycles. The molecule has 1 aliphatic carbocycles. The minimum Gasteiger partial charge on any atom is -0.492 e. The van der Waals surface area contributed by atoms with Crippen LogP contribution in [0.25, 0.3) is 0 Å². The largest absolute Gasteiger partial charge is 0.492 e. The monoisotopic (exact) mass is 351 g/mol. The van der Waals surface area contributed by atoms with Crippen molar-refractivity contribution in [2.24, 2.45) is 5.92 Å². The number of likely N-dealkylation sites (tertiary alicyclic amines) is 1. The predicted octanol–water partition coefficient (Wildman–Crippen LogP) is 3.79. The van der Waals surface area contributed by atoms with Crippen molar-refractivity contribution in [1.82, 2.24) is 9.88 Å². The van der Waals surface area contributed by atoms with E-state index in [1.54, 1.807) is 0 Å². The number of carbonyl (C=O) groups excluding carboxylic acids is 1. The molecule has 1 saturated carbocycles. The molecule has 2 heterocycles. The standard InChI is InChI=1S/C18H29N3O2S/c22-16(21-10-6-1-2-7-11-21)12-15-17(23)20-18(24-15)19-13-14-8-4-3-5-9-14/h14,23H,1-13H2,(H,19,20). The van der Waals surface area contributed by atoms with E-state index >= 15 is 0 Å². The Kier molecular flexibility index (Phi) is 6.35. The molecule has 0 bridgehead atoms. The third kappa shape index (κ3) is 4.85. The van der Waals surface area contributed by atoms with Crippen molar-refractivity contribution in [3.05, 3.63) is 4.88 Å². The SMILES string of the molecule is O=C(Cc1sc(NCC2CCCCC2)nc1O)N1CCCCCC1. The zero-order chi connectivity index (χ0) is 16.8. The van der Waals surface area contributed by atoms with E-state index in [4.69, 9.17) is 0 Å². The number of nitrogens with zero attached hydrogens (tertiary/aromatic N) is 2. The van der Waals surface area contributed by atoms with Crippen LogP contribution in [0.3, 0.4) is 0 Å². The van der Waals surface area contributed by atoms with E-state index in [9.17, 15) is 9.90 Å². The highest BCUT2D eigenvalue weighted by Crippen LogP contribution is 2.30. The Morgan fingerprint density at radius 2 is 1.79 bits per heavy atom. The van der Waals surface area contributed by atoms with E-state index in [0.29, 0.717) is 10.8 Å². The second-order valence-electron chi connectivity index (χ2n) is 7.12. The molecule has 0 radical (unpaired) electrons. The Bertz CT molecular complexity index is 532. The van der Waals surface area contributed by atoms with E-state index in [-0.39, 0.29) is 18.2 Å². The van der Waals surface area contributed by atoms with Gasteiger partial charge in [0.15, 0.2) is 5.13 Å². The van der Waals surface area contributed by atoms with E-state index < -0.39 is 0 Å². The molecule has 2 N–H and O–H groups in total. The van der Waals surface area contributed by atoms with Crippen molar-refractivity contribution in [2.75, 3.05) is 25.0 Å². The average molecular weight is 352 g/mol. The first-order valence-electron chi connectivity index (χ1n) is 9.42. The van der Waals surface area contributed by atoms with Gasteiger partial charge in [-0.2, -0.15) is 4.98 Å². The number of nitrogens with one attached hydrogen (secondary N) is 1. The molecule has 1 saturated heterocycles. The Labute approximate surface area is 148 Å². The molecular formula is C18H29N3O2S. The molecule has 2 fully saturated rings. The second-order valence-corrected chi connectivity index (χ2v) is 8.21. The summed E-state index contributed by atoms with van der Waals surface area (Å²) in [5, 5.41) is 14.2. The number of hydrogen-bond donors (Lipinski definition) is 2. The van der Waals surface area contributed by atoms with Gasteiger partial charge >= 0.3 is 0 Å². The number of thiazole rings is 1. The first kappa shape index (κ1) is 17.5. The van der Waals surface area contributed by atoms with Crippen LogP contribution in [-0.2, 0) is 11.2 Å². The highest BCUT2D eigenvalue weighted by Gasteiger charge is 2.20. The normalized spacial score (nSPS) is 19.9. The fourth-order valence-corrected chi connectivity index (χ4v) is 4.58. The average Bonchev–Trinajstić information content (AvgIpc) is 2.80. The molecular weight excluding hydrogens is 322 g/mol. The molecule has 24 heavy (non-hydrogen) atoms. The summed E-state index contributed by atoms with van der Waals surface area (Å²) >= 11 is 1.43. The van der Waals surface area contributed by atoms with Gasteiger partial charge in [0.1, 0.15) is 0 Å². The third-order valence-corrected chi connectivity index (χ3v) is 6.22. The predicted molar refractivity (Wildman–Crippen MR) is 97.6 cm³/mol. The molecule has 3 rings (SSSR count). The highest BCUT2D eigenvalue weighted by molar-refractivity contribution is 7.16. The fraction of sp³-hybridized carbons (Fsp3) is 0.778. The summed E-state index contributed by atoms with van der Waals surface area (Å²) in [6.45, 7) is 2.63. The van der Waals surface area contributed by atoms with Gasteiger partial charge in [-0.3, -0.25) is 4.79 Å². The maximum atomic E-state index is 12.5. The lowest BCUT2D eigenvalue weighted by molar-refractivity contribution is -0.130. The molecule has 1 aliphatic heterocycles. The van der Waals surface area contributed by atoms with Crippen LogP contribution >= 0.6 is 11.3 Å². The first-order valence-corrected chi connectivity index (χ1v) is 10.2. The summed E-state index contributed by atoms with van der Waals surface area (Å²) in [6, 6.07) is 0. The van der Waals surface area contributed by atoms with Crippen LogP contribution in [0.5, 0.6) is 5.88 Å². The minimum atomic E-state index is 0.0225. The molecule has 0 atom stereocenters. The lowest BCUT2D eigenvalue weighted by atomic mass is 9.89. The lowest BCUT2D eigenvalue weighted by Gasteiger charge is -2.21. The number of aromatic hydroxyl groups is 1. The van der Waals surface area contributed by atoms with Crippen LogP contribution in [-0.4, -0.2) is 40.5 Å². The molecule has 6 heteroatoms. The quantitative estimate of drug-likeness (QED) is 0.847. The first-order chi connectivity index (χ1) is 11.7. The fourth-order valence-electron chi connectivity index (χ4n) is 3.73. The molecule has 0 spiro atoms. The summed E-state index contributed by atoms with van der Waals surface area (Å²) in [7, 11) is 0. The van der Waals surface area contributed by atoms with Gasteiger partial charge in [-0.15, -0.1) is 0 Å².